The molecule has 0 radical (unpaired) electrons. The van der Waals surface area contributed by atoms with E-state index >= 15 is 0 Å². The molecule has 1 N–H and O–H groups in total. The molecule has 2 aromatic rings. The third-order valence-corrected chi connectivity index (χ3v) is 3.92. The highest BCUT2D eigenvalue weighted by atomic mass is 79.9. The molecule has 0 fully saturated rings. The number of ether oxygens (including phenoxy) is 1. The second-order valence-corrected chi connectivity index (χ2v) is 5.54. The van der Waals surface area contributed by atoms with Crippen molar-refractivity contribution in [1.82, 2.24) is 20.1 Å². The van der Waals surface area contributed by atoms with Gasteiger partial charge in [0.1, 0.15) is 0 Å². The summed E-state index contributed by atoms with van der Waals surface area (Å²) in [6.07, 6.45) is 4.63. The Morgan fingerprint density at radius 1 is 1.43 bits per heavy atom. The monoisotopic (exact) mass is 352 g/mol. The molecule has 0 saturated heterocycles. The van der Waals surface area contributed by atoms with Crippen molar-refractivity contribution < 1.29 is 4.74 Å². The summed E-state index contributed by atoms with van der Waals surface area (Å²) in [7, 11) is 1.65. The van der Waals surface area contributed by atoms with Gasteiger partial charge in [0, 0.05) is 18.3 Å². The van der Waals surface area contributed by atoms with Gasteiger partial charge in [-0.05, 0) is 41.9 Å². The molecule has 0 aliphatic rings. The fourth-order valence-electron chi connectivity index (χ4n) is 2.35. The summed E-state index contributed by atoms with van der Waals surface area (Å²) < 4.78 is 8.40. The maximum atomic E-state index is 5.42. The number of nitrogens with zero attached hydrogens (tertiary/aromatic N) is 3. The second-order valence-electron chi connectivity index (χ2n) is 4.68. The third-order valence-electron chi connectivity index (χ3n) is 3.31. The quantitative estimate of drug-likeness (QED) is 0.831. The number of rotatable bonds is 7. The van der Waals surface area contributed by atoms with E-state index in [1.165, 1.54) is 0 Å². The van der Waals surface area contributed by atoms with Crippen LogP contribution >= 0.6 is 15.9 Å². The van der Waals surface area contributed by atoms with Crippen LogP contribution in [0.4, 0.5) is 0 Å². The fraction of sp³-hybridized carbons (Fsp3) is 0.467. The minimum atomic E-state index is -0.00887. The zero-order valence-corrected chi connectivity index (χ0v) is 14.2. The van der Waals surface area contributed by atoms with Crippen LogP contribution in [0.1, 0.15) is 37.6 Å². The summed E-state index contributed by atoms with van der Waals surface area (Å²) in [5.41, 5.74) is 2.11. The molecule has 5 nitrogen and oxygen atoms in total. The zero-order chi connectivity index (χ0) is 15.2. The summed E-state index contributed by atoms with van der Waals surface area (Å²) in [6, 6.07) is 3.96. The first-order chi connectivity index (χ1) is 10.2. The fourth-order valence-corrected chi connectivity index (χ4v) is 2.87. The van der Waals surface area contributed by atoms with Crippen LogP contribution in [0.15, 0.2) is 29.0 Å². The SMILES string of the molecule is CCCNC(c1cccnc1OC)c1c(Br)cnn1CC. The lowest BCUT2D eigenvalue weighted by atomic mass is 10.0. The maximum Gasteiger partial charge on any atom is 0.218 e. The molecule has 0 aliphatic heterocycles. The number of aromatic nitrogens is 3. The van der Waals surface area contributed by atoms with Crippen LogP contribution < -0.4 is 10.1 Å². The van der Waals surface area contributed by atoms with Gasteiger partial charge in [0.25, 0.3) is 0 Å². The zero-order valence-electron chi connectivity index (χ0n) is 12.6. The molecule has 2 heterocycles. The standard InChI is InChI=1S/C15H21BrN4O/c1-4-8-17-13(11-7-6-9-18-15(11)21-3)14-12(16)10-19-20(14)5-2/h6-7,9-10,13,17H,4-5,8H2,1-3H3. The van der Waals surface area contributed by atoms with Gasteiger partial charge >= 0.3 is 0 Å². The number of aryl methyl sites for hydroxylation is 1. The Hall–Kier alpha value is -1.40. The highest BCUT2D eigenvalue weighted by molar-refractivity contribution is 9.10. The van der Waals surface area contributed by atoms with Crippen LogP contribution in [0.2, 0.25) is 0 Å². The molecule has 2 aromatic heterocycles. The number of methoxy groups -OCH3 is 1. The van der Waals surface area contributed by atoms with E-state index in [0.717, 1.165) is 35.2 Å². The van der Waals surface area contributed by atoms with Gasteiger partial charge in [-0.3, -0.25) is 4.68 Å². The Morgan fingerprint density at radius 3 is 2.90 bits per heavy atom. The van der Waals surface area contributed by atoms with Crippen molar-refractivity contribution in [2.75, 3.05) is 13.7 Å². The highest BCUT2D eigenvalue weighted by Crippen LogP contribution is 2.32. The van der Waals surface area contributed by atoms with Gasteiger partial charge < -0.3 is 10.1 Å². The van der Waals surface area contributed by atoms with Crippen molar-refractivity contribution in [2.24, 2.45) is 0 Å². The maximum absolute atomic E-state index is 5.42. The van der Waals surface area contributed by atoms with Crippen molar-refractivity contribution >= 4 is 15.9 Å². The van der Waals surface area contributed by atoms with Crippen molar-refractivity contribution in [1.29, 1.82) is 0 Å². The molecule has 1 atom stereocenters. The van der Waals surface area contributed by atoms with Gasteiger partial charge in [-0.15, -0.1) is 0 Å². The molecule has 0 saturated carbocycles. The number of halogens is 1. The molecular formula is C15H21BrN4O. The van der Waals surface area contributed by atoms with Gasteiger partial charge in [0.15, 0.2) is 0 Å². The lowest BCUT2D eigenvalue weighted by Crippen LogP contribution is -2.26. The average molecular weight is 353 g/mol. The molecule has 6 heteroatoms. The lowest BCUT2D eigenvalue weighted by Gasteiger charge is -2.22. The Labute approximate surface area is 133 Å². The van der Waals surface area contributed by atoms with E-state index in [9.17, 15) is 0 Å². The average Bonchev–Trinajstić information content (AvgIpc) is 2.89. The molecule has 0 aromatic carbocycles. The van der Waals surface area contributed by atoms with E-state index in [1.54, 1.807) is 13.3 Å². The van der Waals surface area contributed by atoms with Crippen molar-refractivity contribution in [3.63, 3.8) is 0 Å². The van der Waals surface area contributed by atoms with Crippen molar-refractivity contribution in [3.8, 4) is 5.88 Å². The van der Waals surface area contributed by atoms with Crippen LogP contribution in [0, 0.1) is 0 Å². The summed E-state index contributed by atoms with van der Waals surface area (Å²) in [4.78, 5) is 4.31. The van der Waals surface area contributed by atoms with Gasteiger partial charge in [-0.1, -0.05) is 13.0 Å². The smallest absolute Gasteiger partial charge is 0.218 e. The number of hydrogen-bond acceptors (Lipinski definition) is 4. The summed E-state index contributed by atoms with van der Waals surface area (Å²) in [5.74, 6) is 0.641. The minimum absolute atomic E-state index is 0.00887. The van der Waals surface area contributed by atoms with Crippen LogP contribution in [0.25, 0.3) is 0 Å². The third kappa shape index (κ3) is 3.44. The summed E-state index contributed by atoms with van der Waals surface area (Å²) >= 11 is 3.61. The Balaban J connectivity index is 2.50. The molecule has 0 amide bonds. The molecule has 2 rings (SSSR count). The molecule has 0 aliphatic carbocycles. The van der Waals surface area contributed by atoms with Gasteiger partial charge in [-0.25, -0.2) is 4.98 Å². The van der Waals surface area contributed by atoms with E-state index in [0.29, 0.717) is 5.88 Å². The summed E-state index contributed by atoms with van der Waals surface area (Å²) in [5, 5.41) is 7.98. The van der Waals surface area contributed by atoms with Crippen molar-refractivity contribution in [3.05, 3.63) is 40.3 Å². The first kappa shape index (κ1) is 16.0. The first-order valence-corrected chi connectivity index (χ1v) is 7.95. The predicted molar refractivity (Wildman–Crippen MR) is 86.5 cm³/mol. The first-order valence-electron chi connectivity index (χ1n) is 7.16. The predicted octanol–water partition coefficient (Wildman–Crippen LogP) is 3.16. The number of pyridine rings is 1. The van der Waals surface area contributed by atoms with Gasteiger partial charge in [0.2, 0.25) is 5.88 Å². The lowest BCUT2D eigenvalue weighted by molar-refractivity contribution is 0.384. The molecule has 21 heavy (non-hydrogen) atoms. The van der Waals surface area contributed by atoms with Crippen LogP contribution in [0.5, 0.6) is 5.88 Å². The van der Waals surface area contributed by atoms with E-state index < -0.39 is 0 Å². The topological polar surface area (TPSA) is 52.0 Å². The molecule has 114 valence electrons. The Bertz CT molecular complexity index is 585. The Kier molecular flexibility index (Phi) is 5.76. The Morgan fingerprint density at radius 2 is 2.24 bits per heavy atom. The van der Waals surface area contributed by atoms with Gasteiger partial charge in [0.05, 0.1) is 29.5 Å². The highest BCUT2D eigenvalue weighted by Gasteiger charge is 2.24. The molecule has 0 spiro atoms. The molecule has 0 bridgehead atoms. The second kappa shape index (κ2) is 7.56. The van der Waals surface area contributed by atoms with Crippen molar-refractivity contribution in [2.45, 2.75) is 32.9 Å². The minimum Gasteiger partial charge on any atom is -0.481 e. The molecular weight excluding hydrogens is 332 g/mol. The van der Waals surface area contributed by atoms with E-state index in [2.05, 4.69) is 45.2 Å². The van der Waals surface area contributed by atoms with E-state index in [1.807, 2.05) is 23.0 Å². The van der Waals surface area contributed by atoms with Gasteiger partial charge in [-0.2, -0.15) is 5.10 Å². The van der Waals surface area contributed by atoms with Crippen LogP contribution in [-0.2, 0) is 6.54 Å². The number of hydrogen-bond donors (Lipinski definition) is 1. The summed E-state index contributed by atoms with van der Waals surface area (Å²) in [6.45, 7) is 5.95. The normalized spacial score (nSPS) is 12.4. The molecule has 1 unspecified atom stereocenters. The number of nitrogens with one attached hydrogen (secondary N) is 1. The van der Waals surface area contributed by atoms with Crippen LogP contribution in [-0.4, -0.2) is 28.4 Å². The van der Waals surface area contributed by atoms with Crippen LogP contribution in [0.3, 0.4) is 0 Å². The van der Waals surface area contributed by atoms with E-state index in [4.69, 9.17) is 4.74 Å². The van der Waals surface area contributed by atoms with E-state index in [-0.39, 0.29) is 6.04 Å². The largest absolute Gasteiger partial charge is 0.481 e.